The molecular formula is C10H7ClF3N3. The Hall–Kier alpha value is -1.56. The van der Waals surface area contributed by atoms with Crippen molar-refractivity contribution in [3.8, 4) is 11.3 Å². The van der Waals surface area contributed by atoms with E-state index in [0.29, 0.717) is 5.69 Å². The summed E-state index contributed by atoms with van der Waals surface area (Å²) in [5.74, 6) is 0.0585. The van der Waals surface area contributed by atoms with Crippen LogP contribution in [0.15, 0.2) is 24.5 Å². The fourth-order valence-corrected chi connectivity index (χ4v) is 1.55. The van der Waals surface area contributed by atoms with Crippen LogP contribution in [0.4, 0.5) is 13.2 Å². The van der Waals surface area contributed by atoms with E-state index >= 15 is 0 Å². The monoisotopic (exact) mass is 261 g/mol. The van der Waals surface area contributed by atoms with Crippen LogP contribution in [0.1, 0.15) is 11.3 Å². The molecule has 0 aliphatic rings. The van der Waals surface area contributed by atoms with Crippen molar-refractivity contribution < 1.29 is 13.2 Å². The van der Waals surface area contributed by atoms with Crippen LogP contribution < -0.4 is 0 Å². The predicted molar refractivity (Wildman–Crippen MR) is 56.4 cm³/mol. The molecule has 0 spiro atoms. The Morgan fingerprint density at radius 2 is 2.06 bits per heavy atom. The van der Waals surface area contributed by atoms with Gasteiger partial charge in [-0.1, -0.05) is 0 Å². The van der Waals surface area contributed by atoms with Gasteiger partial charge in [0.1, 0.15) is 0 Å². The Morgan fingerprint density at radius 3 is 2.59 bits per heavy atom. The van der Waals surface area contributed by atoms with Gasteiger partial charge in [0.25, 0.3) is 0 Å². The van der Waals surface area contributed by atoms with E-state index in [1.807, 2.05) is 0 Å². The van der Waals surface area contributed by atoms with E-state index < -0.39 is 11.7 Å². The second-order valence-corrected chi connectivity index (χ2v) is 3.58. The highest BCUT2D eigenvalue weighted by atomic mass is 35.5. The first kappa shape index (κ1) is 11.9. The highest BCUT2D eigenvalue weighted by Gasteiger charge is 2.34. The molecule has 0 bridgehead atoms. The smallest absolute Gasteiger partial charge is 0.285 e. The second kappa shape index (κ2) is 4.37. The van der Waals surface area contributed by atoms with Gasteiger partial charge in [-0.05, 0) is 12.1 Å². The summed E-state index contributed by atoms with van der Waals surface area (Å²) >= 11 is 5.56. The minimum atomic E-state index is -4.45. The average Bonchev–Trinajstić information content (AvgIpc) is 2.80. The van der Waals surface area contributed by atoms with Gasteiger partial charge >= 0.3 is 6.18 Å². The fourth-order valence-electron chi connectivity index (χ4n) is 1.40. The lowest BCUT2D eigenvalue weighted by molar-refractivity contribution is -0.137. The Balaban J connectivity index is 2.61. The molecule has 0 amide bonds. The van der Waals surface area contributed by atoms with Gasteiger partial charge in [-0.25, -0.2) is 0 Å². The molecule has 0 fully saturated rings. The molecule has 17 heavy (non-hydrogen) atoms. The van der Waals surface area contributed by atoms with E-state index in [0.717, 1.165) is 6.07 Å². The molecule has 7 heteroatoms. The van der Waals surface area contributed by atoms with Crippen LogP contribution in [0.25, 0.3) is 11.3 Å². The van der Waals surface area contributed by atoms with Crippen molar-refractivity contribution in [1.82, 2.24) is 15.2 Å². The summed E-state index contributed by atoms with van der Waals surface area (Å²) in [6.45, 7) is 0. The van der Waals surface area contributed by atoms with Gasteiger partial charge in [0.05, 0.1) is 29.0 Å². The van der Waals surface area contributed by atoms with Crippen LogP contribution in [0.5, 0.6) is 0 Å². The molecule has 0 unspecified atom stereocenters. The molecule has 90 valence electrons. The summed E-state index contributed by atoms with van der Waals surface area (Å²) in [5.41, 5.74) is -0.294. The maximum atomic E-state index is 12.8. The van der Waals surface area contributed by atoms with E-state index in [9.17, 15) is 13.2 Å². The molecule has 2 heterocycles. The molecule has 3 nitrogen and oxygen atoms in total. The molecule has 0 radical (unpaired) electrons. The first-order valence-electron chi connectivity index (χ1n) is 4.64. The number of nitrogens with zero attached hydrogens (tertiary/aromatic N) is 2. The first-order chi connectivity index (χ1) is 8.02. The first-order valence-corrected chi connectivity index (χ1v) is 5.18. The number of aromatic nitrogens is 3. The third-order valence-corrected chi connectivity index (χ3v) is 2.44. The van der Waals surface area contributed by atoms with E-state index in [1.54, 1.807) is 0 Å². The van der Waals surface area contributed by atoms with Gasteiger partial charge in [-0.3, -0.25) is 10.1 Å². The van der Waals surface area contributed by atoms with Crippen molar-refractivity contribution in [1.29, 1.82) is 0 Å². The zero-order chi connectivity index (χ0) is 12.5. The van der Waals surface area contributed by atoms with Crippen LogP contribution in [-0.2, 0) is 12.1 Å². The van der Waals surface area contributed by atoms with Crippen LogP contribution in [0.3, 0.4) is 0 Å². The van der Waals surface area contributed by atoms with Crippen LogP contribution in [0.2, 0.25) is 0 Å². The van der Waals surface area contributed by atoms with Crippen molar-refractivity contribution in [2.75, 3.05) is 0 Å². The zero-order valence-electron chi connectivity index (χ0n) is 8.42. The highest BCUT2D eigenvalue weighted by Crippen LogP contribution is 2.35. The highest BCUT2D eigenvalue weighted by molar-refractivity contribution is 6.16. The number of halogens is 4. The second-order valence-electron chi connectivity index (χ2n) is 3.32. The summed E-state index contributed by atoms with van der Waals surface area (Å²) in [5, 5.41) is 6.07. The standard InChI is InChI=1S/C10H7ClF3N3/c11-3-7-1-2-8(10(12,13)14)9(17-7)6-4-15-16-5-6/h1-2,4-5H,3H2,(H,15,16). The summed E-state index contributed by atoms with van der Waals surface area (Å²) in [6.07, 6.45) is -1.81. The minimum absolute atomic E-state index is 0.0585. The lowest BCUT2D eigenvalue weighted by atomic mass is 10.1. The van der Waals surface area contributed by atoms with Crippen LogP contribution in [0, 0.1) is 0 Å². The van der Waals surface area contributed by atoms with Crippen molar-refractivity contribution in [2.45, 2.75) is 12.1 Å². The number of hydrogen-bond donors (Lipinski definition) is 1. The normalized spacial score (nSPS) is 11.8. The van der Waals surface area contributed by atoms with E-state index in [-0.39, 0.29) is 17.1 Å². The van der Waals surface area contributed by atoms with E-state index in [4.69, 9.17) is 11.6 Å². The molecule has 1 N–H and O–H groups in total. The number of aromatic amines is 1. The number of H-pyrrole nitrogens is 1. The molecule has 2 aromatic heterocycles. The fraction of sp³-hybridized carbons (Fsp3) is 0.200. The molecular weight excluding hydrogens is 255 g/mol. The Morgan fingerprint density at radius 1 is 1.29 bits per heavy atom. The largest absolute Gasteiger partial charge is 0.418 e. The Bertz CT molecular complexity index is 508. The van der Waals surface area contributed by atoms with E-state index in [1.165, 1.54) is 18.5 Å². The van der Waals surface area contributed by atoms with Crippen molar-refractivity contribution >= 4 is 11.6 Å². The lowest BCUT2D eigenvalue weighted by Crippen LogP contribution is -2.09. The van der Waals surface area contributed by atoms with Gasteiger partial charge < -0.3 is 0 Å². The maximum absolute atomic E-state index is 12.8. The van der Waals surface area contributed by atoms with Crippen molar-refractivity contribution in [3.63, 3.8) is 0 Å². The molecule has 0 aliphatic heterocycles. The van der Waals surface area contributed by atoms with Gasteiger partial charge in [0.15, 0.2) is 0 Å². The van der Waals surface area contributed by atoms with Gasteiger partial charge in [0.2, 0.25) is 0 Å². The SMILES string of the molecule is FC(F)(F)c1ccc(CCl)nc1-c1cn[nH]c1. The predicted octanol–water partition coefficient (Wildman–Crippen LogP) is 3.23. The lowest BCUT2D eigenvalue weighted by Gasteiger charge is -2.11. The summed E-state index contributed by atoms with van der Waals surface area (Å²) in [7, 11) is 0. The third-order valence-electron chi connectivity index (χ3n) is 2.17. The number of nitrogens with one attached hydrogen (secondary N) is 1. The zero-order valence-corrected chi connectivity index (χ0v) is 9.18. The quantitative estimate of drug-likeness (QED) is 0.844. The molecule has 2 rings (SSSR count). The van der Waals surface area contributed by atoms with E-state index in [2.05, 4.69) is 15.2 Å². The third kappa shape index (κ3) is 2.41. The molecule has 0 aromatic carbocycles. The number of alkyl halides is 4. The summed E-state index contributed by atoms with van der Waals surface area (Å²) in [4.78, 5) is 3.89. The van der Waals surface area contributed by atoms with Gasteiger partial charge in [-0.15, -0.1) is 11.6 Å². The van der Waals surface area contributed by atoms with Gasteiger partial charge in [-0.2, -0.15) is 18.3 Å². The molecule has 2 aromatic rings. The Labute approximate surface area is 99.6 Å². The van der Waals surface area contributed by atoms with Crippen LogP contribution >= 0.6 is 11.6 Å². The maximum Gasteiger partial charge on any atom is 0.418 e. The summed E-state index contributed by atoms with van der Waals surface area (Å²) in [6, 6.07) is 2.24. The van der Waals surface area contributed by atoms with Crippen LogP contribution in [-0.4, -0.2) is 15.2 Å². The number of hydrogen-bond acceptors (Lipinski definition) is 2. The van der Waals surface area contributed by atoms with Crippen molar-refractivity contribution in [2.24, 2.45) is 0 Å². The minimum Gasteiger partial charge on any atom is -0.285 e. The topological polar surface area (TPSA) is 41.6 Å². The molecule has 0 atom stereocenters. The Kier molecular flexibility index (Phi) is 3.06. The molecule has 0 aliphatic carbocycles. The summed E-state index contributed by atoms with van der Waals surface area (Å²) < 4.78 is 38.3. The van der Waals surface area contributed by atoms with Crippen molar-refractivity contribution in [3.05, 3.63) is 35.8 Å². The average molecular weight is 262 g/mol. The molecule has 0 saturated heterocycles. The molecule has 0 saturated carbocycles. The number of pyridine rings is 1. The number of rotatable bonds is 2. The van der Waals surface area contributed by atoms with Gasteiger partial charge in [0, 0.05) is 11.8 Å².